The molecule has 2 aromatic heterocycles. The number of methoxy groups -OCH3 is 1. The Hall–Kier alpha value is -3.36. The minimum absolute atomic E-state index is 0.224. The van der Waals surface area contributed by atoms with Crippen molar-refractivity contribution in [3.8, 4) is 11.5 Å². The zero-order valence-electron chi connectivity index (χ0n) is 18.4. The number of imidazole rings is 1. The van der Waals surface area contributed by atoms with Gasteiger partial charge in [0.1, 0.15) is 39.9 Å². The number of halogens is 1. The molecule has 0 bridgehead atoms. The van der Waals surface area contributed by atoms with Gasteiger partial charge in [0.05, 0.1) is 12.8 Å². The van der Waals surface area contributed by atoms with Crippen molar-refractivity contribution in [3.05, 3.63) is 92.9 Å². The van der Waals surface area contributed by atoms with Crippen LogP contribution < -0.4 is 14.8 Å². The van der Waals surface area contributed by atoms with Crippen molar-refractivity contribution < 1.29 is 14.3 Å². The Labute approximate surface area is 201 Å². The van der Waals surface area contributed by atoms with Crippen LogP contribution in [0.3, 0.4) is 0 Å². The van der Waals surface area contributed by atoms with E-state index < -0.39 is 6.04 Å². The highest BCUT2D eigenvalue weighted by molar-refractivity contribution is 7.13. The van der Waals surface area contributed by atoms with Crippen LogP contribution in [0.2, 0.25) is 5.02 Å². The number of benzene rings is 2. The molecule has 0 spiro atoms. The van der Waals surface area contributed by atoms with Crippen LogP contribution in [0.5, 0.6) is 11.5 Å². The minimum Gasteiger partial charge on any atom is -0.497 e. The van der Waals surface area contributed by atoms with Gasteiger partial charge in [-0.05, 0) is 48.9 Å². The van der Waals surface area contributed by atoms with Crippen molar-refractivity contribution in [2.45, 2.75) is 19.6 Å². The van der Waals surface area contributed by atoms with Gasteiger partial charge >= 0.3 is 0 Å². The number of nitrogens with one attached hydrogen (secondary N) is 1. The van der Waals surface area contributed by atoms with Gasteiger partial charge in [-0.2, -0.15) is 0 Å². The molecule has 2 aromatic carbocycles. The van der Waals surface area contributed by atoms with E-state index in [1.54, 1.807) is 37.6 Å². The van der Waals surface area contributed by atoms with Crippen LogP contribution in [0.4, 0.5) is 0 Å². The third-order valence-corrected chi connectivity index (χ3v) is 6.42. The molecule has 2 heterocycles. The Balaban J connectivity index is 1.54. The molecule has 1 N–H and O–H groups in total. The minimum atomic E-state index is -0.456. The Morgan fingerprint density at radius 2 is 2.00 bits per heavy atom. The number of ether oxygens (including phenoxy) is 2. The summed E-state index contributed by atoms with van der Waals surface area (Å²) in [5.41, 5.74) is 1.52. The van der Waals surface area contributed by atoms with Gasteiger partial charge < -0.3 is 19.4 Å². The first-order chi connectivity index (χ1) is 15.9. The van der Waals surface area contributed by atoms with Crippen LogP contribution in [0.15, 0.2) is 60.9 Å². The van der Waals surface area contributed by atoms with Gasteiger partial charge in [0.25, 0.3) is 5.91 Å². The highest BCUT2D eigenvalue weighted by Crippen LogP contribution is 2.27. The predicted molar refractivity (Wildman–Crippen MR) is 128 cm³/mol. The van der Waals surface area contributed by atoms with Crippen molar-refractivity contribution in [2.75, 3.05) is 7.11 Å². The van der Waals surface area contributed by atoms with E-state index in [4.69, 9.17) is 21.1 Å². The molecule has 7 nitrogen and oxygen atoms in total. The van der Waals surface area contributed by atoms with E-state index in [-0.39, 0.29) is 12.5 Å². The van der Waals surface area contributed by atoms with Gasteiger partial charge in [-0.1, -0.05) is 23.7 Å². The van der Waals surface area contributed by atoms with Crippen molar-refractivity contribution in [1.29, 1.82) is 0 Å². The monoisotopic (exact) mass is 482 g/mol. The summed E-state index contributed by atoms with van der Waals surface area (Å²) < 4.78 is 13.0. The van der Waals surface area contributed by atoms with E-state index in [2.05, 4.69) is 15.3 Å². The molecule has 0 aliphatic rings. The van der Waals surface area contributed by atoms with E-state index in [9.17, 15) is 4.79 Å². The maximum absolute atomic E-state index is 13.3. The molecule has 0 radical (unpaired) electrons. The first kappa shape index (κ1) is 22.8. The lowest BCUT2D eigenvalue weighted by Gasteiger charge is -2.19. The topological polar surface area (TPSA) is 78.3 Å². The smallest absolute Gasteiger partial charge is 0.264 e. The third kappa shape index (κ3) is 5.35. The summed E-state index contributed by atoms with van der Waals surface area (Å²) in [7, 11) is 3.51. The number of hydrogen-bond acceptors (Lipinski definition) is 6. The predicted octanol–water partition coefficient (Wildman–Crippen LogP) is 4.95. The van der Waals surface area contributed by atoms with Gasteiger partial charge in [0, 0.05) is 24.5 Å². The molecule has 33 heavy (non-hydrogen) atoms. The average molecular weight is 483 g/mol. The highest BCUT2D eigenvalue weighted by Gasteiger charge is 2.24. The SMILES string of the molecule is COc1cccc(C(NC(=O)c2sc(COc3ccc(Cl)cc3)nc2C)c2nccn2C)c1. The Kier molecular flexibility index (Phi) is 6.96. The highest BCUT2D eigenvalue weighted by atomic mass is 35.5. The van der Waals surface area contributed by atoms with Crippen molar-refractivity contribution in [2.24, 2.45) is 7.05 Å². The summed E-state index contributed by atoms with van der Waals surface area (Å²) in [6.45, 7) is 2.08. The lowest BCUT2D eigenvalue weighted by atomic mass is 10.1. The molecular formula is C24H23ClN4O3S. The Bertz CT molecular complexity index is 1250. The molecule has 0 saturated heterocycles. The quantitative estimate of drug-likeness (QED) is 0.384. The molecule has 1 unspecified atom stereocenters. The fraction of sp³-hybridized carbons (Fsp3) is 0.208. The molecule has 9 heteroatoms. The van der Waals surface area contributed by atoms with Crippen LogP contribution >= 0.6 is 22.9 Å². The largest absolute Gasteiger partial charge is 0.497 e. The van der Waals surface area contributed by atoms with Crippen LogP contribution in [-0.2, 0) is 13.7 Å². The Morgan fingerprint density at radius 1 is 1.21 bits per heavy atom. The van der Waals surface area contributed by atoms with Crippen LogP contribution in [0.1, 0.15) is 37.8 Å². The number of rotatable bonds is 8. The second-order valence-corrected chi connectivity index (χ2v) is 8.86. The lowest BCUT2D eigenvalue weighted by Crippen LogP contribution is -2.31. The van der Waals surface area contributed by atoms with E-state index in [1.165, 1.54) is 11.3 Å². The first-order valence-corrected chi connectivity index (χ1v) is 11.4. The number of carbonyl (C=O) groups is 1. The number of aromatic nitrogens is 3. The third-order valence-electron chi connectivity index (χ3n) is 5.04. The van der Waals surface area contributed by atoms with Crippen molar-refractivity contribution in [1.82, 2.24) is 19.9 Å². The number of nitrogens with zero attached hydrogens (tertiary/aromatic N) is 3. The summed E-state index contributed by atoms with van der Waals surface area (Å²) in [4.78, 5) is 22.8. The molecule has 0 saturated carbocycles. The molecule has 0 aliphatic heterocycles. The van der Waals surface area contributed by atoms with Gasteiger partial charge in [0.2, 0.25) is 0 Å². The number of hydrogen-bond donors (Lipinski definition) is 1. The average Bonchev–Trinajstić information content (AvgIpc) is 3.42. The normalized spacial score (nSPS) is 11.8. The maximum atomic E-state index is 13.3. The van der Waals surface area contributed by atoms with Crippen molar-refractivity contribution >= 4 is 28.8 Å². The number of thiazole rings is 1. The summed E-state index contributed by atoms with van der Waals surface area (Å²) >= 11 is 7.22. The van der Waals surface area contributed by atoms with Gasteiger partial charge in [-0.3, -0.25) is 4.79 Å². The molecule has 4 aromatic rings. The molecule has 1 atom stereocenters. The van der Waals surface area contributed by atoms with Gasteiger partial charge in [-0.15, -0.1) is 11.3 Å². The van der Waals surface area contributed by atoms with Gasteiger partial charge in [0.15, 0.2) is 0 Å². The number of aryl methyl sites for hydroxylation is 2. The second-order valence-electron chi connectivity index (χ2n) is 7.34. The molecule has 4 rings (SSSR count). The zero-order chi connectivity index (χ0) is 23.4. The summed E-state index contributed by atoms with van der Waals surface area (Å²) in [6.07, 6.45) is 3.55. The summed E-state index contributed by atoms with van der Waals surface area (Å²) in [5, 5.41) is 4.47. The van der Waals surface area contributed by atoms with Crippen molar-refractivity contribution in [3.63, 3.8) is 0 Å². The second kappa shape index (κ2) is 10.1. The molecular weight excluding hydrogens is 460 g/mol. The van der Waals surface area contributed by atoms with Crippen LogP contribution in [0, 0.1) is 6.92 Å². The van der Waals surface area contributed by atoms with E-state index in [0.717, 1.165) is 5.56 Å². The molecule has 0 aliphatic carbocycles. The zero-order valence-corrected chi connectivity index (χ0v) is 20.0. The molecule has 1 amide bonds. The standard InChI is InChI=1S/C24H23ClN4O3S/c1-15-22(33-20(27-15)14-32-18-9-7-17(25)8-10-18)24(30)28-21(23-26-11-12-29(23)2)16-5-4-6-19(13-16)31-3/h4-13,21H,14H2,1-3H3,(H,28,30). The Morgan fingerprint density at radius 3 is 2.70 bits per heavy atom. The van der Waals surface area contributed by atoms with Crippen LogP contribution in [-0.4, -0.2) is 27.6 Å². The fourth-order valence-corrected chi connectivity index (χ4v) is 4.38. The molecule has 170 valence electrons. The molecule has 0 fully saturated rings. The first-order valence-electron chi connectivity index (χ1n) is 10.2. The fourth-order valence-electron chi connectivity index (χ4n) is 3.37. The summed E-state index contributed by atoms with van der Waals surface area (Å²) in [6, 6.07) is 14.2. The number of amides is 1. The summed E-state index contributed by atoms with van der Waals surface area (Å²) in [5.74, 6) is 1.88. The maximum Gasteiger partial charge on any atom is 0.264 e. The van der Waals surface area contributed by atoms with Crippen LogP contribution in [0.25, 0.3) is 0 Å². The van der Waals surface area contributed by atoms with E-state index in [1.807, 2.05) is 49.0 Å². The lowest BCUT2D eigenvalue weighted by molar-refractivity contribution is 0.0944. The van der Waals surface area contributed by atoms with E-state index in [0.29, 0.717) is 37.9 Å². The number of carbonyl (C=O) groups excluding carboxylic acids is 1. The van der Waals surface area contributed by atoms with E-state index >= 15 is 0 Å². The van der Waals surface area contributed by atoms with Gasteiger partial charge in [-0.25, -0.2) is 9.97 Å².